The first-order valence-electron chi connectivity index (χ1n) is 10.0. The smallest absolute Gasteiger partial charge is 0.387 e. The molecule has 1 aliphatic rings. The molecule has 3 aromatic carbocycles. The zero-order valence-electron chi connectivity index (χ0n) is 17.2. The Morgan fingerprint density at radius 2 is 1.64 bits per heavy atom. The minimum absolute atomic E-state index is 0.108. The Morgan fingerprint density at radius 1 is 1.00 bits per heavy atom. The fourth-order valence-electron chi connectivity index (χ4n) is 3.24. The largest absolute Gasteiger partial charge is 0.433 e. The lowest BCUT2D eigenvalue weighted by Gasteiger charge is -2.16. The molecule has 1 saturated heterocycles. The van der Waals surface area contributed by atoms with Crippen LogP contribution in [0.4, 0.5) is 25.8 Å². The van der Waals surface area contributed by atoms with Crippen molar-refractivity contribution in [3.8, 4) is 5.75 Å². The van der Waals surface area contributed by atoms with Crippen molar-refractivity contribution in [2.75, 3.05) is 10.2 Å². The van der Waals surface area contributed by atoms with Crippen LogP contribution in [0, 0.1) is 0 Å². The number of rotatable bonds is 7. The number of ether oxygens (including phenoxy) is 1. The molecule has 1 heterocycles. The number of anilines is 2. The second-order valence-corrected chi connectivity index (χ2v) is 8.14. The van der Waals surface area contributed by atoms with Crippen LogP contribution >= 0.6 is 11.8 Å². The predicted octanol–water partition coefficient (Wildman–Crippen LogP) is 5.45. The third kappa shape index (κ3) is 5.56. The number of para-hydroxylation sites is 4. The van der Waals surface area contributed by atoms with Crippen molar-refractivity contribution in [2.24, 2.45) is 4.99 Å². The number of amidine groups is 1. The van der Waals surface area contributed by atoms with Gasteiger partial charge >= 0.3 is 6.61 Å². The molecule has 1 atom stereocenters. The van der Waals surface area contributed by atoms with E-state index in [0.717, 1.165) is 0 Å². The van der Waals surface area contributed by atoms with Gasteiger partial charge in [-0.05, 0) is 36.4 Å². The van der Waals surface area contributed by atoms with E-state index in [1.165, 1.54) is 34.9 Å². The first kappa shape index (κ1) is 22.5. The minimum Gasteiger partial charge on any atom is -0.433 e. The Labute approximate surface area is 193 Å². The van der Waals surface area contributed by atoms with Crippen molar-refractivity contribution in [1.29, 1.82) is 0 Å². The number of halogens is 2. The summed E-state index contributed by atoms with van der Waals surface area (Å²) in [6.45, 7) is -3.02. The zero-order chi connectivity index (χ0) is 23.2. The molecule has 4 rings (SSSR count). The van der Waals surface area contributed by atoms with E-state index >= 15 is 0 Å². The van der Waals surface area contributed by atoms with Crippen LogP contribution in [0.3, 0.4) is 0 Å². The van der Waals surface area contributed by atoms with Crippen molar-refractivity contribution >= 4 is 45.8 Å². The highest BCUT2D eigenvalue weighted by molar-refractivity contribution is 8.16. The summed E-state index contributed by atoms with van der Waals surface area (Å²) in [7, 11) is 0. The highest BCUT2D eigenvalue weighted by atomic mass is 32.2. The summed E-state index contributed by atoms with van der Waals surface area (Å²) in [6, 6.07) is 24.1. The molecule has 168 valence electrons. The number of hydrogen-bond acceptors (Lipinski definition) is 5. The fourth-order valence-corrected chi connectivity index (χ4v) is 4.39. The lowest BCUT2D eigenvalue weighted by atomic mass is 10.2. The van der Waals surface area contributed by atoms with Crippen molar-refractivity contribution < 1.29 is 23.1 Å². The zero-order valence-corrected chi connectivity index (χ0v) is 18.0. The van der Waals surface area contributed by atoms with Gasteiger partial charge in [-0.15, -0.1) is 0 Å². The van der Waals surface area contributed by atoms with Gasteiger partial charge in [-0.25, -0.2) is 4.99 Å². The van der Waals surface area contributed by atoms with Gasteiger partial charge in [0.2, 0.25) is 11.8 Å². The molecule has 33 heavy (non-hydrogen) atoms. The van der Waals surface area contributed by atoms with Gasteiger partial charge in [-0.3, -0.25) is 14.5 Å². The standard InChI is InChI=1S/C24H19F2N3O3S/c25-23(26)32-19-14-8-7-13-18(19)28-21(30)15-20-22(31)29(17-11-5-2-6-12-17)24(33-20)27-16-9-3-1-4-10-16/h1-14,20,23H,15H2,(H,28,30)/t20-/m0/s1. The van der Waals surface area contributed by atoms with E-state index in [1.54, 1.807) is 18.2 Å². The number of nitrogens with zero attached hydrogens (tertiary/aromatic N) is 2. The van der Waals surface area contributed by atoms with Crippen LogP contribution in [-0.2, 0) is 9.59 Å². The van der Waals surface area contributed by atoms with Crippen molar-refractivity contribution in [3.05, 3.63) is 84.9 Å². The molecule has 0 aliphatic carbocycles. The van der Waals surface area contributed by atoms with E-state index in [9.17, 15) is 18.4 Å². The second kappa shape index (κ2) is 10.3. The van der Waals surface area contributed by atoms with Gasteiger partial charge in [-0.1, -0.05) is 60.3 Å². The van der Waals surface area contributed by atoms with Crippen LogP contribution in [-0.4, -0.2) is 28.8 Å². The number of alkyl halides is 2. The van der Waals surface area contributed by atoms with Gasteiger partial charge in [0, 0.05) is 6.42 Å². The molecule has 0 unspecified atom stereocenters. The third-order valence-electron chi connectivity index (χ3n) is 4.68. The Bertz CT molecular complexity index is 1160. The summed E-state index contributed by atoms with van der Waals surface area (Å²) in [5.74, 6) is -0.934. The highest BCUT2D eigenvalue weighted by Gasteiger charge is 2.40. The van der Waals surface area contributed by atoms with Crippen molar-refractivity contribution in [2.45, 2.75) is 18.3 Å². The molecule has 1 fully saturated rings. The second-order valence-electron chi connectivity index (χ2n) is 6.97. The average molecular weight is 467 g/mol. The molecule has 0 saturated carbocycles. The quantitative estimate of drug-likeness (QED) is 0.501. The third-order valence-corrected chi connectivity index (χ3v) is 5.82. The molecule has 0 radical (unpaired) electrons. The normalized spacial score (nSPS) is 16.9. The minimum atomic E-state index is -3.02. The van der Waals surface area contributed by atoms with Gasteiger partial charge in [0.25, 0.3) is 0 Å². The lowest BCUT2D eigenvalue weighted by molar-refractivity contribution is -0.121. The Kier molecular flexibility index (Phi) is 6.99. The number of thioether (sulfide) groups is 1. The molecule has 9 heteroatoms. The van der Waals surface area contributed by atoms with Crippen LogP contribution in [0.15, 0.2) is 89.9 Å². The summed E-state index contributed by atoms with van der Waals surface area (Å²) in [5.41, 5.74) is 1.43. The molecule has 1 aliphatic heterocycles. The maximum absolute atomic E-state index is 13.2. The highest BCUT2D eigenvalue weighted by Crippen LogP contribution is 2.35. The summed E-state index contributed by atoms with van der Waals surface area (Å²) >= 11 is 1.18. The molecule has 0 spiro atoms. The van der Waals surface area contributed by atoms with Gasteiger partial charge in [-0.2, -0.15) is 8.78 Å². The van der Waals surface area contributed by atoms with Crippen LogP contribution in [0.5, 0.6) is 5.75 Å². The van der Waals surface area contributed by atoms with E-state index in [1.807, 2.05) is 48.5 Å². The van der Waals surface area contributed by atoms with E-state index in [2.05, 4.69) is 15.0 Å². The molecule has 0 bridgehead atoms. The van der Waals surface area contributed by atoms with Gasteiger partial charge < -0.3 is 10.1 Å². The molecule has 1 N–H and O–H groups in total. The number of amides is 2. The van der Waals surface area contributed by atoms with Crippen LogP contribution in [0.2, 0.25) is 0 Å². The van der Waals surface area contributed by atoms with E-state index in [-0.39, 0.29) is 23.8 Å². The van der Waals surface area contributed by atoms with Crippen LogP contribution < -0.4 is 15.0 Å². The van der Waals surface area contributed by atoms with Crippen molar-refractivity contribution in [3.63, 3.8) is 0 Å². The Hall–Kier alpha value is -3.72. The number of nitrogens with one attached hydrogen (secondary N) is 1. The van der Waals surface area contributed by atoms with Gasteiger partial charge in [0.05, 0.1) is 17.1 Å². The topological polar surface area (TPSA) is 71.0 Å². The van der Waals surface area contributed by atoms with Crippen LogP contribution in [0.1, 0.15) is 6.42 Å². The number of carbonyl (C=O) groups excluding carboxylic acids is 2. The molecule has 3 aromatic rings. The summed E-state index contributed by atoms with van der Waals surface area (Å²) < 4.78 is 29.7. The SMILES string of the molecule is O=C(C[C@@H]1SC(=Nc2ccccc2)N(c2ccccc2)C1=O)Nc1ccccc1OC(F)F. The molecule has 2 amide bonds. The number of hydrogen-bond donors (Lipinski definition) is 1. The molecule has 0 aromatic heterocycles. The van der Waals surface area contributed by atoms with Gasteiger partial charge in [0.1, 0.15) is 11.0 Å². The van der Waals surface area contributed by atoms with Crippen LogP contribution in [0.25, 0.3) is 0 Å². The summed E-state index contributed by atoms with van der Waals surface area (Å²) in [6.07, 6.45) is -0.163. The monoisotopic (exact) mass is 467 g/mol. The lowest BCUT2D eigenvalue weighted by Crippen LogP contribution is -2.33. The summed E-state index contributed by atoms with van der Waals surface area (Å²) in [4.78, 5) is 32.0. The first-order chi connectivity index (χ1) is 16.0. The Morgan fingerprint density at radius 3 is 2.33 bits per heavy atom. The molecular formula is C24H19F2N3O3S. The first-order valence-corrected chi connectivity index (χ1v) is 10.9. The summed E-state index contributed by atoms with van der Waals surface area (Å²) in [5, 5.41) is 2.29. The maximum Gasteiger partial charge on any atom is 0.387 e. The van der Waals surface area contributed by atoms with E-state index < -0.39 is 17.8 Å². The van der Waals surface area contributed by atoms with Gasteiger partial charge in [0.15, 0.2) is 5.17 Å². The predicted molar refractivity (Wildman–Crippen MR) is 125 cm³/mol. The molecule has 6 nitrogen and oxygen atoms in total. The number of aliphatic imine (C=N–C) groups is 1. The molecular weight excluding hydrogens is 448 g/mol. The number of benzene rings is 3. The average Bonchev–Trinajstić information content (AvgIpc) is 3.10. The maximum atomic E-state index is 13.2. The fraction of sp³-hybridized carbons (Fsp3) is 0.125. The Balaban J connectivity index is 1.54. The van der Waals surface area contributed by atoms with E-state index in [4.69, 9.17) is 0 Å². The van der Waals surface area contributed by atoms with Crippen molar-refractivity contribution in [1.82, 2.24) is 0 Å². The number of carbonyl (C=O) groups is 2. The van der Waals surface area contributed by atoms with E-state index in [0.29, 0.717) is 16.5 Å².